The van der Waals surface area contributed by atoms with Crippen molar-refractivity contribution in [3.05, 3.63) is 24.5 Å². The highest BCUT2D eigenvalue weighted by molar-refractivity contribution is 5.73. The molecule has 2 heterocycles. The minimum Gasteiger partial charge on any atom is -0.417 e. The molecule has 2 aromatic heterocycles. The molecule has 0 saturated heterocycles. The van der Waals surface area contributed by atoms with Gasteiger partial charge in [0.1, 0.15) is 18.1 Å². The van der Waals surface area contributed by atoms with Crippen molar-refractivity contribution < 1.29 is 9.21 Å². The Kier molecular flexibility index (Phi) is 5.33. The van der Waals surface area contributed by atoms with Crippen molar-refractivity contribution in [1.82, 2.24) is 25.5 Å². The Hall–Kier alpha value is -2.35. The molecule has 0 unspecified atom stereocenters. The molecule has 0 radical (unpaired) electrons. The summed E-state index contributed by atoms with van der Waals surface area (Å²) < 4.78 is 5.60. The quantitative estimate of drug-likeness (QED) is 0.724. The van der Waals surface area contributed by atoms with Crippen LogP contribution < -0.4 is 11.1 Å². The third kappa shape index (κ3) is 4.32. The molecule has 0 aromatic carbocycles. The van der Waals surface area contributed by atoms with Crippen LogP contribution in [0.4, 0.5) is 0 Å². The van der Waals surface area contributed by atoms with Crippen LogP contribution in [0.2, 0.25) is 0 Å². The van der Waals surface area contributed by atoms with Gasteiger partial charge in [0.05, 0.1) is 0 Å². The van der Waals surface area contributed by atoms with E-state index < -0.39 is 0 Å². The molecule has 112 valence electrons. The Morgan fingerprint density at radius 1 is 1.43 bits per heavy atom. The fourth-order valence-corrected chi connectivity index (χ4v) is 1.89. The van der Waals surface area contributed by atoms with Crippen LogP contribution in [0.3, 0.4) is 0 Å². The van der Waals surface area contributed by atoms with E-state index in [0.29, 0.717) is 30.4 Å². The summed E-state index contributed by atoms with van der Waals surface area (Å²) in [6.07, 6.45) is 5.45. The average Bonchev–Trinajstić information content (AvgIpc) is 2.97. The van der Waals surface area contributed by atoms with Crippen LogP contribution in [0, 0.1) is 0 Å². The molecule has 0 aliphatic heterocycles. The zero-order chi connectivity index (χ0) is 15.1. The first-order valence-corrected chi connectivity index (χ1v) is 6.77. The number of carbonyl (C=O) groups excluding carboxylic acids is 1. The molecule has 2 rings (SSSR count). The number of carbonyl (C=O) groups is 1. The lowest BCUT2D eigenvalue weighted by molar-refractivity contribution is -0.119. The Labute approximate surface area is 122 Å². The summed E-state index contributed by atoms with van der Waals surface area (Å²) in [5, 5.41) is 10.8. The van der Waals surface area contributed by atoms with Crippen LogP contribution in [0.5, 0.6) is 0 Å². The monoisotopic (exact) mass is 290 g/mol. The molecule has 2 aromatic rings. The van der Waals surface area contributed by atoms with Gasteiger partial charge in [0, 0.05) is 13.1 Å². The normalized spacial score (nSPS) is 12.1. The molecule has 21 heavy (non-hydrogen) atoms. The van der Waals surface area contributed by atoms with Crippen LogP contribution in [0.1, 0.15) is 38.1 Å². The predicted octanol–water partition coefficient (Wildman–Crippen LogP) is 0.833. The first-order chi connectivity index (χ1) is 10.2. The standard InChI is InChI=1S/C13H18N6O2/c1-9(20)17-11(4-2-3-6-14)13-19-18-12(21-13)10-5-7-15-8-16-10/h5,7-8,11H,2-4,6,14H2,1H3,(H,17,20)/t11-/m0/s1. The van der Waals surface area contributed by atoms with Crippen molar-refractivity contribution >= 4 is 5.91 Å². The largest absolute Gasteiger partial charge is 0.417 e. The number of nitrogens with two attached hydrogens (primary N) is 1. The number of rotatable bonds is 7. The molecule has 0 spiro atoms. The minimum absolute atomic E-state index is 0.144. The van der Waals surface area contributed by atoms with Gasteiger partial charge >= 0.3 is 0 Å². The van der Waals surface area contributed by atoms with Gasteiger partial charge in [-0.25, -0.2) is 9.97 Å². The molecule has 8 nitrogen and oxygen atoms in total. The maximum atomic E-state index is 11.3. The predicted molar refractivity (Wildman–Crippen MR) is 74.8 cm³/mol. The lowest BCUT2D eigenvalue weighted by Crippen LogP contribution is -2.26. The van der Waals surface area contributed by atoms with Crippen LogP contribution >= 0.6 is 0 Å². The smallest absolute Gasteiger partial charge is 0.266 e. The molecule has 0 saturated carbocycles. The number of nitrogens with zero attached hydrogens (tertiary/aromatic N) is 4. The topological polar surface area (TPSA) is 120 Å². The van der Waals surface area contributed by atoms with Crippen LogP contribution in [-0.2, 0) is 4.79 Å². The van der Waals surface area contributed by atoms with E-state index >= 15 is 0 Å². The van der Waals surface area contributed by atoms with Gasteiger partial charge in [-0.15, -0.1) is 10.2 Å². The molecule has 3 N–H and O–H groups in total. The van der Waals surface area contributed by atoms with Gasteiger partial charge in [-0.05, 0) is 31.9 Å². The van der Waals surface area contributed by atoms with Gasteiger partial charge in [-0.3, -0.25) is 4.79 Å². The van der Waals surface area contributed by atoms with Gasteiger partial charge in [0.2, 0.25) is 11.8 Å². The van der Waals surface area contributed by atoms with Crippen LogP contribution in [0.15, 0.2) is 23.0 Å². The lowest BCUT2D eigenvalue weighted by atomic mass is 10.1. The van der Waals surface area contributed by atoms with E-state index in [-0.39, 0.29) is 11.9 Å². The van der Waals surface area contributed by atoms with Crippen LogP contribution in [-0.4, -0.2) is 32.6 Å². The van der Waals surface area contributed by atoms with Crippen molar-refractivity contribution in [3.8, 4) is 11.6 Å². The summed E-state index contributed by atoms with van der Waals surface area (Å²) in [5.41, 5.74) is 6.03. The van der Waals surface area contributed by atoms with Crippen LogP contribution in [0.25, 0.3) is 11.6 Å². The highest BCUT2D eigenvalue weighted by Gasteiger charge is 2.20. The zero-order valence-electron chi connectivity index (χ0n) is 11.8. The number of hydrogen-bond acceptors (Lipinski definition) is 7. The minimum atomic E-state index is -0.308. The van der Waals surface area contributed by atoms with E-state index in [1.54, 1.807) is 12.3 Å². The van der Waals surface area contributed by atoms with E-state index in [1.165, 1.54) is 13.3 Å². The van der Waals surface area contributed by atoms with Crippen molar-refractivity contribution in [2.45, 2.75) is 32.2 Å². The molecule has 0 aliphatic carbocycles. The van der Waals surface area contributed by atoms with Gasteiger partial charge < -0.3 is 15.5 Å². The fraction of sp³-hybridized carbons (Fsp3) is 0.462. The fourth-order valence-electron chi connectivity index (χ4n) is 1.89. The van der Waals surface area contributed by atoms with Crippen molar-refractivity contribution in [2.24, 2.45) is 5.73 Å². The second-order valence-electron chi connectivity index (χ2n) is 4.58. The molecule has 0 aliphatic rings. The Bertz CT molecular complexity index is 571. The highest BCUT2D eigenvalue weighted by atomic mass is 16.4. The Morgan fingerprint density at radius 3 is 2.95 bits per heavy atom. The van der Waals surface area contributed by atoms with Crippen molar-refractivity contribution in [3.63, 3.8) is 0 Å². The molecule has 1 atom stereocenters. The van der Waals surface area contributed by atoms with Gasteiger partial charge in [-0.1, -0.05) is 0 Å². The summed E-state index contributed by atoms with van der Waals surface area (Å²) in [4.78, 5) is 19.2. The second kappa shape index (κ2) is 7.44. The van der Waals surface area contributed by atoms with E-state index in [4.69, 9.17) is 10.2 Å². The number of amides is 1. The maximum absolute atomic E-state index is 11.3. The first kappa shape index (κ1) is 15.0. The summed E-state index contributed by atoms with van der Waals surface area (Å²) in [7, 11) is 0. The molecule has 0 fully saturated rings. The zero-order valence-corrected chi connectivity index (χ0v) is 11.8. The van der Waals surface area contributed by atoms with E-state index in [2.05, 4.69) is 25.5 Å². The SMILES string of the molecule is CC(=O)N[C@@H](CCCCN)c1nnc(-c2ccncn2)o1. The maximum Gasteiger partial charge on any atom is 0.266 e. The lowest BCUT2D eigenvalue weighted by Gasteiger charge is -2.13. The number of unbranched alkanes of at least 4 members (excludes halogenated alkanes) is 1. The van der Waals surface area contributed by atoms with E-state index in [9.17, 15) is 4.79 Å². The third-order valence-electron chi connectivity index (χ3n) is 2.86. The summed E-state index contributed by atoms with van der Waals surface area (Å²) >= 11 is 0. The highest BCUT2D eigenvalue weighted by Crippen LogP contribution is 2.22. The molecule has 1 amide bonds. The molecular formula is C13H18N6O2. The Balaban J connectivity index is 2.12. The number of aromatic nitrogens is 4. The van der Waals surface area contributed by atoms with Crippen molar-refractivity contribution in [2.75, 3.05) is 6.54 Å². The molecule has 8 heteroatoms. The average molecular weight is 290 g/mol. The molecule has 0 bridgehead atoms. The first-order valence-electron chi connectivity index (χ1n) is 6.77. The number of hydrogen-bond donors (Lipinski definition) is 2. The van der Waals surface area contributed by atoms with E-state index in [1.807, 2.05) is 0 Å². The van der Waals surface area contributed by atoms with E-state index in [0.717, 1.165) is 12.8 Å². The third-order valence-corrected chi connectivity index (χ3v) is 2.86. The second-order valence-corrected chi connectivity index (χ2v) is 4.58. The summed E-state index contributed by atoms with van der Waals surface area (Å²) in [5.74, 6) is 0.534. The van der Waals surface area contributed by atoms with Crippen molar-refractivity contribution in [1.29, 1.82) is 0 Å². The summed E-state index contributed by atoms with van der Waals surface area (Å²) in [6.45, 7) is 2.07. The van der Waals surface area contributed by atoms with Gasteiger partial charge in [-0.2, -0.15) is 0 Å². The van der Waals surface area contributed by atoms with Gasteiger partial charge in [0.25, 0.3) is 5.89 Å². The van der Waals surface area contributed by atoms with Gasteiger partial charge in [0.15, 0.2) is 0 Å². The molecular weight excluding hydrogens is 272 g/mol. The Morgan fingerprint density at radius 2 is 2.29 bits per heavy atom. The number of nitrogens with one attached hydrogen (secondary N) is 1. The summed E-state index contributed by atoms with van der Waals surface area (Å²) in [6, 6.07) is 1.37.